The van der Waals surface area contributed by atoms with Crippen LogP contribution in [0.1, 0.15) is 52.7 Å². The minimum atomic E-state index is -1.13. The second-order valence-electron chi connectivity index (χ2n) is 9.36. The fourth-order valence-electron chi connectivity index (χ4n) is 5.04. The number of unbranched alkanes of at least 4 members (excludes halogenated alkanes) is 2. The minimum absolute atomic E-state index is 0.0214. The molecule has 200 valence electrons. The van der Waals surface area contributed by atoms with Crippen molar-refractivity contribution in [1.82, 2.24) is 5.32 Å². The molecule has 2 N–H and O–H groups in total. The summed E-state index contributed by atoms with van der Waals surface area (Å²) in [6, 6.07) is 18.8. The highest BCUT2D eigenvalue weighted by atomic mass is 16.7. The number of amides is 1. The van der Waals surface area contributed by atoms with Gasteiger partial charge in [0.2, 0.25) is 5.91 Å². The van der Waals surface area contributed by atoms with Crippen LogP contribution in [0, 0.1) is 12.3 Å². The van der Waals surface area contributed by atoms with Gasteiger partial charge in [0.1, 0.15) is 17.2 Å². The number of methoxy groups -OCH3 is 1. The Morgan fingerprint density at radius 2 is 1.79 bits per heavy atom. The van der Waals surface area contributed by atoms with Crippen LogP contribution in [0.4, 0.5) is 5.69 Å². The lowest BCUT2D eigenvalue weighted by molar-refractivity contribution is -0.120. The molecule has 8 heteroatoms. The third kappa shape index (κ3) is 5.14. The molecule has 3 aromatic carbocycles. The first-order valence-corrected chi connectivity index (χ1v) is 12.9. The Morgan fingerprint density at radius 3 is 2.62 bits per heavy atom. The molecule has 8 nitrogen and oxygen atoms in total. The molecule has 2 aliphatic rings. The van der Waals surface area contributed by atoms with Gasteiger partial charge in [0.05, 0.1) is 12.1 Å². The predicted octanol–water partition coefficient (Wildman–Crippen LogP) is 4.96. The zero-order valence-electron chi connectivity index (χ0n) is 21.8. The number of benzene rings is 3. The minimum Gasteiger partial charge on any atom is -0.467 e. The quantitative estimate of drug-likeness (QED) is 0.158. The highest BCUT2D eigenvalue weighted by molar-refractivity contribution is 5.97. The van der Waals surface area contributed by atoms with Crippen LogP contribution in [0.25, 0.3) is 0 Å². The first-order chi connectivity index (χ1) is 19.1. The van der Waals surface area contributed by atoms with E-state index < -0.39 is 5.60 Å². The Bertz CT molecular complexity index is 1430. The van der Waals surface area contributed by atoms with E-state index in [4.69, 9.17) is 25.4 Å². The van der Waals surface area contributed by atoms with Gasteiger partial charge in [0, 0.05) is 54.6 Å². The highest BCUT2D eigenvalue weighted by Gasteiger charge is 2.53. The molecule has 0 bridgehead atoms. The van der Waals surface area contributed by atoms with Crippen molar-refractivity contribution >= 4 is 17.6 Å². The number of hydrogen-bond donors (Lipinski definition) is 2. The molecular formula is C31H30N2O6. The predicted molar refractivity (Wildman–Crippen MR) is 146 cm³/mol. The van der Waals surface area contributed by atoms with Crippen molar-refractivity contribution in [2.24, 2.45) is 0 Å². The van der Waals surface area contributed by atoms with Gasteiger partial charge in [-0.1, -0.05) is 30.5 Å². The summed E-state index contributed by atoms with van der Waals surface area (Å²) in [7, 11) is 1.56. The summed E-state index contributed by atoms with van der Waals surface area (Å²) in [6.07, 6.45) is 8.23. The van der Waals surface area contributed by atoms with E-state index in [0.29, 0.717) is 29.2 Å². The summed E-state index contributed by atoms with van der Waals surface area (Å²) in [4.78, 5) is 24.7. The topological polar surface area (TPSA) is 95.1 Å². The Labute approximate surface area is 227 Å². The SMILES string of the molecule is C#CCNC(=O)CCCCCNc1ccc2c(c1)Oc1cc(OCOC)ccc1C21OC(=O)c2ccccc21. The van der Waals surface area contributed by atoms with Gasteiger partial charge in [0.25, 0.3) is 0 Å². The zero-order valence-corrected chi connectivity index (χ0v) is 21.8. The van der Waals surface area contributed by atoms with Crippen molar-refractivity contribution in [3.05, 3.63) is 82.9 Å². The van der Waals surface area contributed by atoms with Gasteiger partial charge in [-0.2, -0.15) is 0 Å². The standard InChI is InChI=1S/C31H30N2O6/c1-3-16-33-29(34)11-5-4-8-17-32-21-12-14-25-27(18-21)38-28-19-22(37-20-36-2)13-15-26(28)31(25)24-10-7-6-9-23(24)30(35)39-31/h1,6-7,9-10,12-15,18-19,32H,4-5,8,11,16-17,20H2,2H3,(H,33,34). The van der Waals surface area contributed by atoms with E-state index in [-0.39, 0.29) is 25.2 Å². The summed E-state index contributed by atoms with van der Waals surface area (Å²) in [5.74, 6) is 3.71. The van der Waals surface area contributed by atoms with Gasteiger partial charge >= 0.3 is 5.97 Å². The molecule has 2 aliphatic heterocycles. The van der Waals surface area contributed by atoms with Crippen molar-refractivity contribution in [1.29, 1.82) is 0 Å². The lowest BCUT2D eigenvalue weighted by atomic mass is 9.77. The summed E-state index contributed by atoms with van der Waals surface area (Å²) in [5, 5.41) is 6.11. The maximum absolute atomic E-state index is 13.0. The summed E-state index contributed by atoms with van der Waals surface area (Å²) in [6.45, 7) is 1.10. The zero-order chi connectivity index (χ0) is 27.2. The maximum Gasteiger partial charge on any atom is 0.340 e. The highest BCUT2D eigenvalue weighted by Crippen LogP contribution is 2.56. The van der Waals surface area contributed by atoms with Crippen LogP contribution in [-0.2, 0) is 19.9 Å². The number of esters is 1. The smallest absolute Gasteiger partial charge is 0.340 e. The van der Waals surface area contributed by atoms with Gasteiger partial charge in [-0.05, 0) is 43.2 Å². The molecule has 1 spiro atoms. The second kappa shape index (κ2) is 11.5. The number of rotatable bonds is 11. The molecule has 1 unspecified atom stereocenters. The van der Waals surface area contributed by atoms with Crippen LogP contribution < -0.4 is 20.1 Å². The normalized spacial score (nSPS) is 16.3. The second-order valence-corrected chi connectivity index (χ2v) is 9.36. The largest absolute Gasteiger partial charge is 0.467 e. The lowest BCUT2D eigenvalue weighted by Gasteiger charge is -2.36. The van der Waals surface area contributed by atoms with Crippen molar-refractivity contribution in [2.45, 2.75) is 31.3 Å². The fraction of sp³-hybridized carbons (Fsp3) is 0.290. The molecule has 0 saturated carbocycles. The van der Waals surface area contributed by atoms with Crippen LogP contribution in [0.5, 0.6) is 17.2 Å². The van der Waals surface area contributed by atoms with Gasteiger partial charge in [0.15, 0.2) is 12.4 Å². The van der Waals surface area contributed by atoms with Gasteiger partial charge in [-0.3, -0.25) is 4.79 Å². The third-order valence-corrected chi connectivity index (χ3v) is 6.83. The first-order valence-electron chi connectivity index (χ1n) is 12.9. The van der Waals surface area contributed by atoms with E-state index in [9.17, 15) is 9.59 Å². The number of carbonyl (C=O) groups excluding carboxylic acids is 2. The van der Waals surface area contributed by atoms with E-state index in [1.807, 2.05) is 48.5 Å². The fourth-order valence-corrected chi connectivity index (χ4v) is 5.04. The van der Waals surface area contributed by atoms with Gasteiger partial charge < -0.3 is 29.6 Å². The molecule has 2 heterocycles. The van der Waals surface area contributed by atoms with E-state index in [2.05, 4.69) is 16.6 Å². The Kier molecular flexibility index (Phi) is 7.71. The summed E-state index contributed by atoms with van der Waals surface area (Å²) >= 11 is 0. The van der Waals surface area contributed by atoms with Crippen LogP contribution in [0.3, 0.4) is 0 Å². The van der Waals surface area contributed by atoms with E-state index in [1.165, 1.54) is 0 Å². The average molecular weight is 527 g/mol. The van der Waals surface area contributed by atoms with Crippen LogP contribution in [0.15, 0.2) is 60.7 Å². The number of hydrogen-bond acceptors (Lipinski definition) is 7. The molecule has 5 rings (SSSR count). The van der Waals surface area contributed by atoms with Crippen LogP contribution >= 0.6 is 0 Å². The number of terminal acetylenes is 1. The van der Waals surface area contributed by atoms with Crippen LogP contribution in [-0.4, -0.2) is 38.9 Å². The summed E-state index contributed by atoms with van der Waals surface area (Å²) < 4.78 is 23.2. The molecule has 0 aromatic heterocycles. The Morgan fingerprint density at radius 1 is 1.00 bits per heavy atom. The average Bonchev–Trinajstić information content (AvgIpc) is 3.25. The number of nitrogens with one attached hydrogen (secondary N) is 2. The lowest BCUT2D eigenvalue weighted by Crippen LogP contribution is -2.33. The molecule has 0 fully saturated rings. The van der Waals surface area contributed by atoms with Crippen LogP contribution in [0.2, 0.25) is 0 Å². The number of carbonyl (C=O) groups is 2. The first kappa shape index (κ1) is 26.1. The monoisotopic (exact) mass is 526 g/mol. The van der Waals surface area contributed by atoms with E-state index in [1.54, 1.807) is 19.2 Å². The number of anilines is 1. The van der Waals surface area contributed by atoms with Crippen molar-refractivity contribution in [3.8, 4) is 29.6 Å². The number of ether oxygens (including phenoxy) is 4. The molecule has 1 amide bonds. The van der Waals surface area contributed by atoms with E-state index >= 15 is 0 Å². The maximum atomic E-state index is 13.0. The van der Waals surface area contributed by atoms with Gasteiger partial charge in [-0.25, -0.2) is 4.79 Å². The summed E-state index contributed by atoms with van der Waals surface area (Å²) in [5.41, 5.74) is 2.54. The number of fused-ring (bicyclic) bond motifs is 6. The molecule has 1 atom stereocenters. The van der Waals surface area contributed by atoms with Crippen molar-refractivity contribution in [3.63, 3.8) is 0 Å². The van der Waals surface area contributed by atoms with Crippen molar-refractivity contribution < 1.29 is 28.5 Å². The Hall–Kier alpha value is -4.48. The molecule has 0 saturated heterocycles. The van der Waals surface area contributed by atoms with E-state index in [0.717, 1.165) is 48.2 Å². The molecule has 0 aliphatic carbocycles. The Balaban J connectivity index is 1.37. The molecule has 39 heavy (non-hydrogen) atoms. The molecule has 0 radical (unpaired) electrons. The third-order valence-electron chi connectivity index (χ3n) is 6.83. The van der Waals surface area contributed by atoms with Gasteiger partial charge in [-0.15, -0.1) is 6.42 Å². The van der Waals surface area contributed by atoms with Crippen molar-refractivity contribution in [2.75, 3.05) is 32.3 Å². The molecular weight excluding hydrogens is 496 g/mol. The molecule has 3 aromatic rings.